The number of alkyl halides is 3. The van der Waals surface area contributed by atoms with Gasteiger partial charge >= 0.3 is 6.18 Å². The predicted octanol–water partition coefficient (Wildman–Crippen LogP) is 6.67. The van der Waals surface area contributed by atoms with Crippen molar-refractivity contribution >= 4 is 11.6 Å². The molecule has 0 unspecified atom stereocenters. The van der Waals surface area contributed by atoms with Gasteiger partial charge in [0.2, 0.25) is 5.82 Å². The molecule has 5 atom stereocenters. The second kappa shape index (κ2) is 12.9. The van der Waals surface area contributed by atoms with E-state index in [1.807, 2.05) is 30.3 Å². The lowest BCUT2D eigenvalue weighted by Gasteiger charge is -2.32. The van der Waals surface area contributed by atoms with Crippen LogP contribution in [0.4, 0.5) is 32.0 Å². The van der Waals surface area contributed by atoms with Gasteiger partial charge in [-0.2, -0.15) is 17.6 Å². The molecule has 1 amide bonds. The molecule has 3 aromatic rings. The zero-order valence-electron chi connectivity index (χ0n) is 23.9. The summed E-state index contributed by atoms with van der Waals surface area (Å²) in [6.07, 6.45) is -6.80. The van der Waals surface area contributed by atoms with Crippen LogP contribution < -0.4 is 15.4 Å². The molecule has 1 aliphatic rings. The topological polar surface area (TPSA) is 68.8 Å². The number of halogens is 6. The molecule has 12 heteroatoms. The Bertz CT molecular complexity index is 1440. The van der Waals surface area contributed by atoms with E-state index in [1.54, 1.807) is 7.05 Å². The van der Waals surface area contributed by atoms with E-state index in [-0.39, 0.29) is 17.9 Å². The minimum absolute atomic E-state index is 0.190. The minimum Gasteiger partial charge on any atom is -0.493 e. The summed E-state index contributed by atoms with van der Waals surface area (Å²) in [6, 6.07) is 14.7. The van der Waals surface area contributed by atoms with E-state index >= 15 is 0 Å². The fourth-order valence-electron chi connectivity index (χ4n) is 5.31. The van der Waals surface area contributed by atoms with E-state index in [9.17, 15) is 31.1 Å². The lowest BCUT2D eigenvalue weighted by molar-refractivity contribution is -0.272. The number of likely N-dealkylation sites (N-methyl/N-ethyl adjacent to an activating group) is 1. The Hall–Kier alpha value is -3.61. The van der Waals surface area contributed by atoms with Gasteiger partial charge in [-0.3, -0.25) is 4.79 Å². The maximum atomic E-state index is 14.9. The number of carbonyl (C=O) groups excluding carboxylic acids is 1. The normalized spacial score (nSPS) is 22.8. The van der Waals surface area contributed by atoms with Crippen molar-refractivity contribution in [1.82, 2.24) is 5.32 Å². The van der Waals surface area contributed by atoms with Crippen LogP contribution in [0, 0.1) is 23.4 Å². The minimum atomic E-state index is -4.93. The van der Waals surface area contributed by atoms with E-state index < -0.39 is 64.9 Å². The first-order chi connectivity index (χ1) is 20.3. The lowest BCUT2D eigenvalue weighted by Crippen LogP contribution is -2.47. The van der Waals surface area contributed by atoms with Crippen LogP contribution in [-0.4, -0.2) is 44.6 Å². The highest BCUT2D eigenvalue weighted by Gasteiger charge is 2.66. The number of hydrogen-bond acceptors (Lipinski definition) is 5. The van der Waals surface area contributed by atoms with Gasteiger partial charge in [0.25, 0.3) is 5.91 Å². The van der Waals surface area contributed by atoms with Gasteiger partial charge in [-0.05, 0) is 43.3 Å². The third-order valence-corrected chi connectivity index (χ3v) is 7.97. The summed E-state index contributed by atoms with van der Waals surface area (Å²) in [6.45, 7) is 2.49. The van der Waals surface area contributed by atoms with Gasteiger partial charge in [0.1, 0.15) is 11.9 Å². The van der Waals surface area contributed by atoms with Crippen molar-refractivity contribution in [2.24, 2.45) is 5.92 Å². The molecule has 0 radical (unpaired) electrons. The zero-order chi connectivity index (χ0) is 31.5. The third-order valence-electron chi connectivity index (χ3n) is 7.97. The largest absolute Gasteiger partial charge is 0.493 e. The first-order valence-electron chi connectivity index (χ1n) is 13.5. The molecule has 1 heterocycles. The third kappa shape index (κ3) is 6.51. The number of anilines is 1. The summed E-state index contributed by atoms with van der Waals surface area (Å²) in [7, 11) is 2.70. The van der Waals surface area contributed by atoms with Crippen molar-refractivity contribution in [3.63, 3.8) is 0 Å². The van der Waals surface area contributed by atoms with Crippen LogP contribution in [0.15, 0.2) is 60.7 Å². The van der Waals surface area contributed by atoms with Crippen molar-refractivity contribution < 1.29 is 45.3 Å². The van der Waals surface area contributed by atoms with Crippen LogP contribution >= 0.6 is 0 Å². The summed E-state index contributed by atoms with van der Waals surface area (Å²) in [4.78, 5) is 13.5. The van der Waals surface area contributed by atoms with Gasteiger partial charge in [0.15, 0.2) is 17.2 Å². The molecule has 0 bridgehead atoms. The number of rotatable bonds is 10. The summed E-state index contributed by atoms with van der Waals surface area (Å²) in [5, 5.41) is 5.40. The second-order valence-corrected chi connectivity index (χ2v) is 10.5. The van der Waals surface area contributed by atoms with Gasteiger partial charge in [-0.1, -0.05) is 49.4 Å². The van der Waals surface area contributed by atoms with Crippen LogP contribution in [0.3, 0.4) is 0 Å². The van der Waals surface area contributed by atoms with Gasteiger partial charge < -0.3 is 24.8 Å². The summed E-state index contributed by atoms with van der Waals surface area (Å²) >= 11 is 0. The van der Waals surface area contributed by atoms with E-state index in [1.165, 1.54) is 19.1 Å². The highest BCUT2D eigenvalue weighted by molar-refractivity contribution is 5.95. The number of hydrogen-bond donors (Lipinski definition) is 2. The molecule has 0 saturated carbocycles. The van der Waals surface area contributed by atoms with Crippen molar-refractivity contribution in [2.45, 2.75) is 50.3 Å². The molecule has 6 nitrogen and oxygen atoms in total. The highest BCUT2D eigenvalue weighted by atomic mass is 19.4. The number of carbonyl (C=O) groups is 1. The molecule has 1 saturated heterocycles. The smallest absolute Gasteiger partial charge is 0.417 e. The summed E-state index contributed by atoms with van der Waals surface area (Å²) in [5.74, 6) is -8.17. The van der Waals surface area contributed by atoms with E-state index in [0.717, 1.165) is 37.8 Å². The maximum absolute atomic E-state index is 14.9. The van der Waals surface area contributed by atoms with Crippen LogP contribution in [0.1, 0.15) is 42.5 Å². The van der Waals surface area contributed by atoms with Gasteiger partial charge in [-0.25, -0.2) is 8.78 Å². The zero-order valence-corrected chi connectivity index (χ0v) is 23.9. The van der Waals surface area contributed by atoms with Crippen LogP contribution in [0.25, 0.3) is 0 Å². The fourth-order valence-corrected chi connectivity index (χ4v) is 5.31. The summed E-state index contributed by atoms with van der Waals surface area (Å²) in [5.41, 5.74) is -1.86. The maximum Gasteiger partial charge on any atom is 0.417 e. The lowest BCUT2D eigenvalue weighted by atomic mass is 9.77. The number of ether oxygens (including phenoxy) is 3. The first kappa shape index (κ1) is 32.3. The molecule has 2 N–H and O–H groups in total. The van der Waals surface area contributed by atoms with E-state index in [2.05, 4.69) is 10.6 Å². The van der Waals surface area contributed by atoms with E-state index in [0.29, 0.717) is 12.2 Å². The molecule has 43 heavy (non-hydrogen) atoms. The molecular formula is C31H32F6N2O4. The Labute approximate surface area is 245 Å². The fraction of sp³-hybridized carbons (Fsp3) is 0.387. The number of nitrogens with one attached hydrogen (secondary N) is 2. The molecule has 232 valence electrons. The average Bonchev–Trinajstić information content (AvgIpc) is 3.25. The van der Waals surface area contributed by atoms with E-state index in [4.69, 9.17) is 14.2 Å². The predicted molar refractivity (Wildman–Crippen MR) is 147 cm³/mol. The molecule has 4 rings (SSSR count). The summed E-state index contributed by atoms with van der Waals surface area (Å²) < 4.78 is 102. The Kier molecular flexibility index (Phi) is 9.73. The Morgan fingerprint density at radius 3 is 2.35 bits per heavy atom. The Balaban J connectivity index is 1.62. The van der Waals surface area contributed by atoms with Crippen molar-refractivity contribution in [3.05, 3.63) is 94.8 Å². The standard InChI is InChI=1S/C31H32F6N2O4/c1-17-25(20-11-13-22(33)26(34)27(20)41-4)28(43-30(17,2)31(35,36)37)29(40)39-23-14-19(10-12-21(23)32)24(38-3)16-42-15-18-8-6-5-7-9-18/h5-14,17,24-25,28,38H,15-16H2,1-4H3,(H,39,40)/t17-,24+,25-,28+,30+/m0/s1. The highest BCUT2D eigenvalue weighted by Crippen LogP contribution is 2.55. The molecule has 1 aliphatic heterocycles. The molecule has 0 aliphatic carbocycles. The second-order valence-electron chi connectivity index (χ2n) is 10.5. The first-order valence-corrected chi connectivity index (χ1v) is 13.5. The Morgan fingerprint density at radius 1 is 1.05 bits per heavy atom. The number of benzene rings is 3. The van der Waals surface area contributed by atoms with Crippen molar-refractivity contribution in [3.8, 4) is 5.75 Å². The van der Waals surface area contributed by atoms with Gasteiger partial charge in [0.05, 0.1) is 32.1 Å². The van der Waals surface area contributed by atoms with Crippen molar-refractivity contribution in [2.75, 3.05) is 26.1 Å². The molecule has 3 aromatic carbocycles. The Morgan fingerprint density at radius 2 is 1.72 bits per heavy atom. The molecule has 1 fully saturated rings. The number of amides is 1. The van der Waals surface area contributed by atoms with Gasteiger partial charge in [0, 0.05) is 17.4 Å². The monoisotopic (exact) mass is 610 g/mol. The SMILES string of the molecule is CN[C@H](COCc1ccccc1)c1ccc(F)c(NC(=O)[C@@H]2O[C@@](C)(C(F)(F)F)[C@@H](C)[C@H]2c2ccc(F)c(F)c2OC)c1. The quantitative estimate of drug-likeness (QED) is 0.251. The molecule has 0 spiro atoms. The van der Waals surface area contributed by atoms with Crippen molar-refractivity contribution in [1.29, 1.82) is 0 Å². The van der Waals surface area contributed by atoms with Crippen LogP contribution in [0.5, 0.6) is 5.75 Å². The average molecular weight is 611 g/mol. The number of methoxy groups -OCH3 is 1. The van der Waals surface area contributed by atoms with Crippen LogP contribution in [0.2, 0.25) is 0 Å². The molecule has 0 aromatic heterocycles. The van der Waals surface area contributed by atoms with Crippen LogP contribution in [-0.2, 0) is 20.9 Å². The van der Waals surface area contributed by atoms with Gasteiger partial charge in [-0.15, -0.1) is 0 Å². The molecular weight excluding hydrogens is 578 g/mol.